The highest BCUT2D eigenvalue weighted by molar-refractivity contribution is 9.12. The van der Waals surface area contributed by atoms with Crippen LogP contribution in [0.4, 0.5) is 8.78 Å². The molecule has 0 fully saturated rings. The van der Waals surface area contributed by atoms with Crippen LogP contribution >= 0.6 is 15.9 Å². The number of halogens is 3. The number of hydrogen-bond acceptors (Lipinski definition) is 2. The molecule has 0 N–H and O–H groups in total. The second-order valence-electron chi connectivity index (χ2n) is 4.05. The van der Waals surface area contributed by atoms with Gasteiger partial charge in [-0.3, -0.25) is 0 Å². The van der Waals surface area contributed by atoms with Crippen LogP contribution in [0.1, 0.15) is 5.56 Å². The summed E-state index contributed by atoms with van der Waals surface area (Å²) < 4.78 is 32.9. The fourth-order valence-electron chi connectivity index (χ4n) is 1.86. The number of benzene rings is 1. The molecule has 1 heterocycles. The predicted molar refractivity (Wildman–Crippen MR) is 74.8 cm³/mol. The molecule has 0 bridgehead atoms. The summed E-state index contributed by atoms with van der Waals surface area (Å²) in [5.41, 5.74) is 1.80. The summed E-state index contributed by atoms with van der Waals surface area (Å²) in [7, 11) is 3.01. The van der Waals surface area contributed by atoms with E-state index in [0.717, 1.165) is 4.48 Å². The van der Waals surface area contributed by atoms with E-state index in [1.54, 1.807) is 24.1 Å². The van der Waals surface area contributed by atoms with Crippen LogP contribution in [-0.2, 0) is 0 Å². The standard InChI is InChI=1S/C14H12BrF2NO/c1-8-10(15)4-5-13(18(8)2)9-6-11(16)14(19-3)12(17)7-9/h4-7H,1H2,2-3H3. The van der Waals surface area contributed by atoms with E-state index in [1.807, 2.05) is 0 Å². The van der Waals surface area contributed by atoms with E-state index >= 15 is 0 Å². The van der Waals surface area contributed by atoms with Gasteiger partial charge >= 0.3 is 0 Å². The molecule has 0 aliphatic carbocycles. The summed E-state index contributed by atoms with van der Waals surface area (Å²) in [5, 5.41) is 0. The molecule has 0 saturated carbocycles. The maximum absolute atomic E-state index is 13.7. The van der Waals surface area contributed by atoms with Crippen LogP contribution in [0.5, 0.6) is 5.75 Å². The summed E-state index contributed by atoms with van der Waals surface area (Å²) in [6.07, 6.45) is 3.55. The van der Waals surface area contributed by atoms with Gasteiger partial charge in [-0.1, -0.05) is 6.58 Å². The Kier molecular flexibility index (Phi) is 3.75. The monoisotopic (exact) mass is 327 g/mol. The average Bonchev–Trinajstić information content (AvgIpc) is 2.35. The fourth-order valence-corrected chi connectivity index (χ4v) is 2.26. The highest BCUT2D eigenvalue weighted by Crippen LogP contribution is 2.34. The minimum Gasteiger partial charge on any atom is -0.491 e. The number of rotatable bonds is 2. The minimum atomic E-state index is -0.731. The zero-order chi connectivity index (χ0) is 14.2. The van der Waals surface area contributed by atoms with Crippen LogP contribution in [0, 0.1) is 11.6 Å². The van der Waals surface area contributed by atoms with E-state index in [2.05, 4.69) is 27.2 Å². The topological polar surface area (TPSA) is 12.5 Å². The molecule has 0 spiro atoms. The molecule has 1 aromatic rings. The number of nitrogens with zero attached hydrogens (tertiary/aromatic N) is 1. The van der Waals surface area contributed by atoms with E-state index in [-0.39, 0.29) is 5.75 Å². The molecule has 0 radical (unpaired) electrons. The number of ether oxygens (including phenoxy) is 1. The van der Waals surface area contributed by atoms with Crippen molar-refractivity contribution < 1.29 is 13.5 Å². The number of allylic oxidation sites excluding steroid dienone is 3. The van der Waals surface area contributed by atoms with Gasteiger partial charge in [-0.2, -0.15) is 0 Å². The van der Waals surface area contributed by atoms with Gasteiger partial charge in [-0.25, -0.2) is 8.78 Å². The Bertz CT molecular complexity index is 584. The second kappa shape index (κ2) is 5.17. The summed E-state index contributed by atoms with van der Waals surface area (Å²) in [5.74, 6) is -1.84. The molecular formula is C14H12BrF2NO. The van der Waals surface area contributed by atoms with Crippen LogP contribution in [0.15, 0.2) is 41.0 Å². The first-order valence-corrected chi connectivity index (χ1v) is 6.29. The Hall–Kier alpha value is -1.62. The molecule has 5 heteroatoms. The van der Waals surface area contributed by atoms with Gasteiger partial charge in [0.15, 0.2) is 17.4 Å². The molecular weight excluding hydrogens is 316 g/mol. The molecule has 100 valence electrons. The minimum absolute atomic E-state index is 0.377. The number of hydrogen-bond donors (Lipinski definition) is 0. The zero-order valence-corrected chi connectivity index (χ0v) is 12.1. The Morgan fingerprint density at radius 1 is 1.21 bits per heavy atom. The van der Waals surface area contributed by atoms with Crippen LogP contribution in [0.2, 0.25) is 0 Å². The molecule has 2 rings (SSSR count). The molecule has 19 heavy (non-hydrogen) atoms. The van der Waals surface area contributed by atoms with Gasteiger partial charge in [0, 0.05) is 28.5 Å². The molecule has 0 aromatic heterocycles. The lowest BCUT2D eigenvalue weighted by molar-refractivity contribution is 0.359. The third-order valence-electron chi connectivity index (χ3n) is 2.93. The smallest absolute Gasteiger partial charge is 0.190 e. The number of methoxy groups -OCH3 is 1. The first-order valence-electron chi connectivity index (χ1n) is 5.49. The molecule has 0 amide bonds. The van der Waals surface area contributed by atoms with Crippen molar-refractivity contribution in [2.24, 2.45) is 0 Å². The largest absolute Gasteiger partial charge is 0.491 e. The zero-order valence-electron chi connectivity index (χ0n) is 10.5. The quantitative estimate of drug-likeness (QED) is 0.812. The maximum Gasteiger partial charge on any atom is 0.190 e. The molecule has 0 saturated heterocycles. The van der Waals surface area contributed by atoms with Crippen molar-refractivity contribution in [3.63, 3.8) is 0 Å². The van der Waals surface area contributed by atoms with Crippen molar-refractivity contribution in [3.8, 4) is 5.75 Å². The van der Waals surface area contributed by atoms with Crippen molar-refractivity contribution in [2.75, 3.05) is 14.2 Å². The normalized spacial score (nSPS) is 15.2. The highest BCUT2D eigenvalue weighted by Gasteiger charge is 2.19. The van der Waals surface area contributed by atoms with Gasteiger partial charge in [0.2, 0.25) is 0 Å². The van der Waals surface area contributed by atoms with Crippen molar-refractivity contribution in [1.82, 2.24) is 4.90 Å². The average molecular weight is 328 g/mol. The van der Waals surface area contributed by atoms with Crippen LogP contribution in [0.25, 0.3) is 5.70 Å². The summed E-state index contributed by atoms with van der Waals surface area (Å²) in [4.78, 5) is 1.75. The second-order valence-corrected chi connectivity index (χ2v) is 4.90. The van der Waals surface area contributed by atoms with E-state index in [9.17, 15) is 8.78 Å². The number of likely N-dealkylation sites (N-methyl/N-ethyl adjacent to an activating group) is 1. The van der Waals surface area contributed by atoms with Gasteiger partial charge < -0.3 is 9.64 Å². The maximum atomic E-state index is 13.7. The first kappa shape index (κ1) is 13.8. The van der Waals surface area contributed by atoms with E-state index < -0.39 is 11.6 Å². The fraction of sp³-hybridized carbons (Fsp3) is 0.143. The third-order valence-corrected chi connectivity index (χ3v) is 3.65. The van der Waals surface area contributed by atoms with Gasteiger partial charge in [0.1, 0.15) is 0 Å². The van der Waals surface area contributed by atoms with Crippen LogP contribution < -0.4 is 4.74 Å². The van der Waals surface area contributed by atoms with Crippen molar-refractivity contribution >= 4 is 21.6 Å². The third kappa shape index (κ3) is 2.42. The molecule has 1 aromatic carbocycles. The van der Waals surface area contributed by atoms with Crippen LogP contribution in [0.3, 0.4) is 0 Å². The summed E-state index contributed by atoms with van der Waals surface area (Å²) in [6.45, 7) is 3.89. The molecule has 0 unspecified atom stereocenters. The summed E-state index contributed by atoms with van der Waals surface area (Å²) >= 11 is 3.35. The molecule has 0 atom stereocenters. The van der Waals surface area contributed by atoms with Gasteiger partial charge in [-0.05, 0) is 40.2 Å². The Balaban J connectivity index is 2.52. The van der Waals surface area contributed by atoms with Gasteiger partial charge in [0.25, 0.3) is 0 Å². The SMILES string of the molecule is C=C1C(Br)=CC=C(c2cc(F)c(OC)c(F)c2)N1C. The van der Waals surface area contributed by atoms with Crippen LogP contribution in [-0.4, -0.2) is 19.1 Å². The lowest BCUT2D eigenvalue weighted by atomic mass is 10.1. The Morgan fingerprint density at radius 2 is 1.79 bits per heavy atom. The lowest BCUT2D eigenvalue weighted by Gasteiger charge is -2.27. The van der Waals surface area contributed by atoms with Crippen molar-refractivity contribution in [1.29, 1.82) is 0 Å². The Labute approximate surface area is 118 Å². The van der Waals surface area contributed by atoms with E-state index in [4.69, 9.17) is 0 Å². The summed E-state index contributed by atoms with van der Waals surface area (Å²) in [6, 6.07) is 2.48. The van der Waals surface area contributed by atoms with E-state index in [1.165, 1.54) is 19.2 Å². The molecule has 1 aliphatic rings. The van der Waals surface area contributed by atoms with Gasteiger partial charge in [-0.15, -0.1) is 0 Å². The van der Waals surface area contributed by atoms with Gasteiger partial charge in [0.05, 0.1) is 7.11 Å². The van der Waals surface area contributed by atoms with Crippen molar-refractivity contribution in [3.05, 3.63) is 58.2 Å². The highest BCUT2D eigenvalue weighted by atomic mass is 79.9. The Morgan fingerprint density at radius 3 is 2.32 bits per heavy atom. The molecule has 1 aliphatic heterocycles. The van der Waals surface area contributed by atoms with E-state index in [0.29, 0.717) is 17.0 Å². The first-order chi connectivity index (χ1) is 8.95. The predicted octanol–water partition coefficient (Wildman–Crippen LogP) is 4.05. The van der Waals surface area contributed by atoms with Crippen molar-refractivity contribution in [2.45, 2.75) is 0 Å². The molecule has 2 nitrogen and oxygen atoms in total. The lowest BCUT2D eigenvalue weighted by Crippen LogP contribution is -2.18.